The van der Waals surface area contributed by atoms with Crippen LogP contribution in [0.1, 0.15) is 34.0 Å². The molecule has 1 unspecified atom stereocenters. The molecule has 0 aliphatic carbocycles. The van der Waals surface area contributed by atoms with Gasteiger partial charge in [0.25, 0.3) is 5.56 Å². The molecule has 1 aliphatic rings. The van der Waals surface area contributed by atoms with Crippen molar-refractivity contribution < 1.29 is 5.11 Å². The van der Waals surface area contributed by atoms with Crippen molar-refractivity contribution in [2.45, 2.75) is 26.3 Å². The van der Waals surface area contributed by atoms with Gasteiger partial charge in [-0.15, -0.1) is 11.3 Å². The largest absolute Gasteiger partial charge is 0.493 e. The number of hydrogen-bond donors (Lipinski definition) is 3. The number of benzene rings is 1. The summed E-state index contributed by atoms with van der Waals surface area (Å²) >= 11 is 1.59. The number of nitrogens with one attached hydrogen (secondary N) is 2. The molecule has 1 aliphatic heterocycles. The fraction of sp³-hybridized carbons (Fsp3) is 0.211. The van der Waals surface area contributed by atoms with Crippen molar-refractivity contribution in [3.63, 3.8) is 0 Å². The van der Waals surface area contributed by atoms with Crippen molar-refractivity contribution in [1.82, 2.24) is 15.0 Å². The lowest BCUT2D eigenvalue weighted by atomic mass is 10.1. The maximum absolute atomic E-state index is 12.4. The highest BCUT2D eigenvalue weighted by Gasteiger charge is 2.28. The molecule has 0 saturated carbocycles. The van der Waals surface area contributed by atoms with E-state index in [1.54, 1.807) is 23.5 Å². The van der Waals surface area contributed by atoms with Crippen LogP contribution in [0.2, 0.25) is 0 Å². The van der Waals surface area contributed by atoms with Crippen molar-refractivity contribution in [2.24, 2.45) is 5.10 Å². The topological polar surface area (TPSA) is 99.5 Å². The quantitative estimate of drug-likeness (QED) is 0.647. The fourth-order valence-electron chi connectivity index (χ4n) is 3.36. The number of thiophene rings is 1. The van der Waals surface area contributed by atoms with Gasteiger partial charge < -0.3 is 10.5 Å². The van der Waals surface area contributed by atoms with Crippen molar-refractivity contribution in [3.8, 4) is 11.6 Å². The van der Waals surface area contributed by atoms with Gasteiger partial charge in [0, 0.05) is 11.3 Å². The maximum atomic E-state index is 12.4. The molecule has 0 spiro atoms. The minimum Gasteiger partial charge on any atom is -0.493 e. The first-order valence-corrected chi connectivity index (χ1v) is 9.35. The van der Waals surface area contributed by atoms with Crippen LogP contribution in [0.15, 0.2) is 50.4 Å². The molecule has 2 aromatic heterocycles. The molecular weight excluding hydrogens is 364 g/mol. The summed E-state index contributed by atoms with van der Waals surface area (Å²) in [5.74, 6) is -0.402. The van der Waals surface area contributed by atoms with Gasteiger partial charge >= 0.3 is 5.69 Å². The third-order valence-corrected chi connectivity index (χ3v) is 5.46. The number of aromatic nitrogens is 2. The Morgan fingerprint density at radius 1 is 1.22 bits per heavy atom. The van der Waals surface area contributed by atoms with Gasteiger partial charge in [-0.2, -0.15) is 5.10 Å². The molecule has 8 heteroatoms. The van der Waals surface area contributed by atoms with Gasteiger partial charge in [0.05, 0.1) is 17.4 Å². The Hall–Kier alpha value is -3.13. The molecule has 3 aromatic rings. The van der Waals surface area contributed by atoms with Gasteiger partial charge in [-0.25, -0.2) is 9.36 Å². The van der Waals surface area contributed by atoms with Crippen LogP contribution < -0.4 is 16.7 Å². The van der Waals surface area contributed by atoms with Gasteiger partial charge in [-0.05, 0) is 48.6 Å². The molecule has 0 bridgehead atoms. The molecule has 0 radical (unpaired) electrons. The van der Waals surface area contributed by atoms with E-state index >= 15 is 0 Å². The van der Waals surface area contributed by atoms with E-state index < -0.39 is 17.1 Å². The first-order valence-electron chi connectivity index (χ1n) is 8.47. The van der Waals surface area contributed by atoms with Crippen molar-refractivity contribution in [3.05, 3.63) is 78.1 Å². The Bertz CT molecular complexity index is 1140. The predicted octanol–water partition coefficient (Wildman–Crippen LogP) is 2.35. The second kappa shape index (κ2) is 6.55. The van der Waals surface area contributed by atoms with E-state index in [1.165, 1.54) is 0 Å². The molecule has 0 saturated heterocycles. The molecule has 0 fully saturated rings. The summed E-state index contributed by atoms with van der Waals surface area (Å²) in [6.07, 6.45) is 0.447. The van der Waals surface area contributed by atoms with Crippen LogP contribution in [0, 0.1) is 13.8 Å². The van der Waals surface area contributed by atoms with Crippen molar-refractivity contribution in [2.75, 3.05) is 0 Å². The summed E-state index contributed by atoms with van der Waals surface area (Å²) < 4.78 is 1.11. The van der Waals surface area contributed by atoms with Crippen LogP contribution in [0.4, 0.5) is 0 Å². The lowest BCUT2D eigenvalue weighted by Crippen LogP contribution is -2.33. The van der Waals surface area contributed by atoms with E-state index in [4.69, 9.17) is 0 Å². The van der Waals surface area contributed by atoms with Gasteiger partial charge in [0.1, 0.15) is 5.56 Å². The fourth-order valence-corrected chi connectivity index (χ4v) is 4.13. The highest BCUT2D eigenvalue weighted by atomic mass is 32.1. The zero-order valence-electron chi connectivity index (χ0n) is 14.8. The molecule has 3 N–H and O–H groups in total. The molecule has 1 atom stereocenters. The number of aromatic amines is 1. The molecule has 0 amide bonds. The molecule has 1 aromatic carbocycles. The summed E-state index contributed by atoms with van der Waals surface area (Å²) in [5.41, 5.74) is 4.49. The Morgan fingerprint density at radius 3 is 2.63 bits per heavy atom. The summed E-state index contributed by atoms with van der Waals surface area (Å²) in [6.45, 7) is 3.81. The summed E-state index contributed by atoms with van der Waals surface area (Å²) in [4.78, 5) is 28.2. The molecule has 3 heterocycles. The minimum absolute atomic E-state index is 0.0142. The van der Waals surface area contributed by atoms with Crippen LogP contribution >= 0.6 is 11.3 Å². The van der Waals surface area contributed by atoms with Gasteiger partial charge in [-0.3, -0.25) is 9.78 Å². The Labute approximate surface area is 158 Å². The number of hydrogen-bond acceptors (Lipinski definition) is 6. The molecule has 27 heavy (non-hydrogen) atoms. The van der Waals surface area contributed by atoms with Gasteiger partial charge in [-0.1, -0.05) is 12.1 Å². The van der Waals surface area contributed by atoms with Crippen LogP contribution in [0.25, 0.3) is 5.69 Å². The lowest BCUT2D eigenvalue weighted by molar-refractivity contribution is 0.429. The second-order valence-electron chi connectivity index (χ2n) is 6.60. The Kier molecular flexibility index (Phi) is 4.19. The number of aromatic hydroxyl groups is 1. The lowest BCUT2D eigenvalue weighted by Gasteiger charge is -2.13. The highest BCUT2D eigenvalue weighted by molar-refractivity contribution is 7.10. The zero-order valence-corrected chi connectivity index (χ0v) is 15.6. The number of hydrazone groups is 1. The predicted molar refractivity (Wildman–Crippen MR) is 105 cm³/mol. The van der Waals surface area contributed by atoms with E-state index in [9.17, 15) is 14.7 Å². The van der Waals surface area contributed by atoms with Crippen LogP contribution in [0.3, 0.4) is 0 Å². The van der Waals surface area contributed by atoms with E-state index in [1.807, 2.05) is 37.4 Å². The SMILES string of the molecule is Cc1cc(C)cc(-n2c(O)c(C3=NNC(c4cccs4)C3)c(=O)[nH]c2=O)c1. The van der Waals surface area contributed by atoms with Crippen LogP contribution in [-0.4, -0.2) is 20.4 Å². The zero-order chi connectivity index (χ0) is 19.1. The average Bonchev–Trinajstić information content (AvgIpc) is 3.24. The summed E-state index contributed by atoms with van der Waals surface area (Å²) in [6, 6.07) is 9.40. The minimum atomic E-state index is -0.687. The number of aryl methyl sites for hydroxylation is 2. The van der Waals surface area contributed by atoms with E-state index in [2.05, 4.69) is 15.5 Å². The first kappa shape index (κ1) is 17.3. The standard InChI is InChI=1S/C19H18N4O3S/c1-10-6-11(2)8-12(7-10)23-18(25)16(17(24)20-19(23)26)14-9-13(21-22-14)15-4-3-5-27-15/h3-8,13,21,25H,9H2,1-2H3,(H,20,24,26). The molecule has 138 valence electrons. The molecule has 4 rings (SSSR count). The highest BCUT2D eigenvalue weighted by Crippen LogP contribution is 2.29. The normalized spacial score (nSPS) is 16.2. The van der Waals surface area contributed by atoms with Gasteiger partial charge in [0.2, 0.25) is 5.88 Å². The van der Waals surface area contributed by atoms with Gasteiger partial charge in [0.15, 0.2) is 0 Å². The number of H-pyrrole nitrogens is 1. The summed E-state index contributed by atoms with van der Waals surface area (Å²) in [7, 11) is 0. The number of rotatable bonds is 3. The summed E-state index contributed by atoms with van der Waals surface area (Å²) in [5, 5.41) is 17.0. The third-order valence-electron chi connectivity index (χ3n) is 4.48. The first-order chi connectivity index (χ1) is 12.9. The average molecular weight is 382 g/mol. The third kappa shape index (κ3) is 3.08. The Balaban J connectivity index is 1.81. The second-order valence-corrected chi connectivity index (χ2v) is 7.58. The molecular formula is C19H18N4O3S. The van der Waals surface area contributed by atoms with Crippen LogP contribution in [-0.2, 0) is 0 Å². The van der Waals surface area contributed by atoms with E-state index in [-0.39, 0.29) is 11.6 Å². The molecule has 7 nitrogen and oxygen atoms in total. The van der Waals surface area contributed by atoms with E-state index in [0.717, 1.165) is 20.6 Å². The number of nitrogens with zero attached hydrogens (tertiary/aromatic N) is 2. The smallest absolute Gasteiger partial charge is 0.335 e. The van der Waals surface area contributed by atoms with E-state index in [0.29, 0.717) is 17.8 Å². The van der Waals surface area contributed by atoms with Crippen molar-refractivity contribution >= 4 is 17.0 Å². The van der Waals surface area contributed by atoms with Crippen LogP contribution in [0.5, 0.6) is 5.88 Å². The Morgan fingerprint density at radius 2 is 1.96 bits per heavy atom. The maximum Gasteiger partial charge on any atom is 0.335 e. The van der Waals surface area contributed by atoms with Crippen molar-refractivity contribution in [1.29, 1.82) is 0 Å². The monoisotopic (exact) mass is 382 g/mol.